The number of aromatic nitrogens is 5. The molecule has 11 N–H and O–H groups in total. The summed E-state index contributed by atoms with van der Waals surface area (Å²) in [4.78, 5) is 44.0. The van der Waals surface area contributed by atoms with Gasteiger partial charge in [-0.05, 0) is 6.07 Å². The number of rotatable bonds is 14. The number of fused-ring (bicyclic) bond motifs is 1. The van der Waals surface area contributed by atoms with Gasteiger partial charge in [-0.15, -0.1) is 0 Å². The third-order valence-corrected chi connectivity index (χ3v) is 9.76. The molecule has 0 aliphatic carbocycles. The van der Waals surface area contributed by atoms with Gasteiger partial charge in [0.1, 0.15) is 42.4 Å². The van der Waals surface area contributed by atoms with Crippen molar-refractivity contribution in [2.75, 3.05) is 31.6 Å². The maximum atomic E-state index is 12.5. The van der Waals surface area contributed by atoms with E-state index in [4.69, 9.17) is 30.0 Å². The van der Waals surface area contributed by atoms with E-state index in [1.165, 1.54) is 46.3 Å². The quantitative estimate of drug-likeness (QED) is 0.0587. The van der Waals surface area contributed by atoms with Crippen molar-refractivity contribution in [3.63, 3.8) is 0 Å². The molecule has 2 fully saturated rings. The summed E-state index contributed by atoms with van der Waals surface area (Å²) in [6, 6.07) is 2.84. The fourth-order valence-corrected chi connectivity index (χ4v) is 6.97. The van der Waals surface area contributed by atoms with Gasteiger partial charge in [-0.2, -0.15) is 8.88 Å². The molecule has 24 heteroatoms. The van der Waals surface area contributed by atoms with Crippen LogP contribution in [-0.4, -0.2) is 119 Å². The molecule has 47 heavy (non-hydrogen) atoms. The number of ether oxygens (including phenoxy) is 2. The number of nitrogens with two attached hydrogens (primary N) is 2. The molecule has 258 valence electrons. The molecule has 0 aromatic carbocycles. The van der Waals surface area contributed by atoms with Crippen LogP contribution in [-0.2, 0) is 32.0 Å². The van der Waals surface area contributed by atoms with Gasteiger partial charge in [0.15, 0.2) is 41.7 Å². The number of primary amides is 1. The lowest BCUT2D eigenvalue weighted by atomic mass is 10.1. The van der Waals surface area contributed by atoms with Crippen LogP contribution >= 0.6 is 15.6 Å². The molecular weight excluding hydrogens is 674 g/mol. The predicted octanol–water partition coefficient (Wildman–Crippen LogP) is -3.23. The second kappa shape index (κ2) is 14.2. The summed E-state index contributed by atoms with van der Waals surface area (Å²) in [6.45, 7) is -1.09. The first-order valence-corrected chi connectivity index (χ1v) is 16.8. The molecule has 0 saturated carbocycles. The molecule has 22 nitrogen and oxygen atoms in total. The Bertz CT molecular complexity index is 1680. The van der Waals surface area contributed by atoms with E-state index in [0.717, 1.165) is 0 Å². The number of amides is 1. The summed E-state index contributed by atoms with van der Waals surface area (Å²) in [5.74, 6) is -0.404. The van der Waals surface area contributed by atoms with Crippen LogP contribution in [0.15, 0.2) is 37.2 Å². The molecule has 2 saturated heterocycles. The van der Waals surface area contributed by atoms with E-state index < -0.39 is 83.8 Å². The highest BCUT2D eigenvalue weighted by Gasteiger charge is 2.50. The SMILES string of the molecule is NCCNc1ncnc2c1ncn2[C@@H]1O[C@H](COP(=O)(O)OP(=O)(O)OC[C@H]2O[C@@H]([n+]3cccc(C(N)=O)c3)[C@H](O)[C@@H]2O)[C@@H](O)[C@H]1O. The minimum atomic E-state index is -5.38. The highest BCUT2D eigenvalue weighted by molar-refractivity contribution is 7.61. The monoisotopic (exact) mass is 707 g/mol. The molecule has 2 aliphatic heterocycles. The van der Waals surface area contributed by atoms with Crippen molar-refractivity contribution in [3.05, 3.63) is 42.7 Å². The summed E-state index contributed by atoms with van der Waals surface area (Å²) in [7, 11) is -10.8. The van der Waals surface area contributed by atoms with E-state index >= 15 is 0 Å². The summed E-state index contributed by atoms with van der Waals surface area (Å²) in [5.41, 5.74) is 11.4. The summed E-state index contributed by atoms with van der Waals surface area (Å²) in [5, 5.41) is 44.9. The third-order valence-electron chi connectivity index (χ3n) is 7.15. The van der Waals surface area contributed by atoms with E-state index in [0.29, 0.717) is 24.4 Å². The zero-order valence-electron chi connectivity index (χ0n) is 24.1. The Kier molecular flexibility index (Phi) is 10.7. The normalized spacial score (nSPS) is 30.3. The lowest BCUT2D eigenvalue weighted by Gasteiger charge is -2.20. The van der Waals surface area contributed by atoms with Crippen molar-refractivity contribution in [3.8, 4) is 0 Å². The molecule has 0 spiro atoms. The number of hydrogen-bond acceptors (Lipinski definition) is 17. The average Bonchev–Trinajstić information content (AvgIpc) is 3.67. The first-order valence-electron chi connectivity index (χ1n) is 13.8. The molecule has 3 aromatic rings. The number of pyridine rings is 1. The van der Waals surface area contributed by atoms with Crippen molar-refractivity contribution in [1.82, 2.24) is 19.5 Å². The van der Waals surface area contributed by atoms with E-state index in [1.807, 2.05) is 0 Å². The van der Waals surface area contributed by atoms with Gasteiger partial charge >= 0.3 is 15.6 Å². The average molecular weight is 708 g/mol. The lowest BCUT2D eigenvalue weighted by Crippen LogP contribution is -2.46. The molecule has 5 rings (SSSR count). The number of carbonyl (C=O) groups excluding carboxylic acids is 1. The second-order valence-corrected chi connectivity index (χ2v) is 13.4. The van der Waals surface area contributed by atoms with Gasteiger partial charge in [-0.3, -0.25) is 18.4 Å². The van der Waals surface area contributed by atoms with Gasteiger partial charge in [0.25, 0.3) is 12.1 Å². The Labute approximate surface area is 264 Å². The number of aliphatic hydroxyl groups excluding tert-OH is 4. The van der Waals surface area contributed by atoms with Crippen LogP contribution < -0.4 is 21.4 Å². The van der Waals surface area contributed by atoms with E-state index in [2.05, 4.69) is 24.6 Å². The van der Waals surface area contributed by atoms with Crippen molar-refractivity contribution in [2.45, 2.75) is 49.1 Å². The largest absolute Gasteiger partial charge is 0.481 e. The number of phosphoric acid groups is 2. The molecule has 2 unspecified atom stereocenters. The topological polar surface area (TPSA) is 330 Å². The standard InChI is InChI=1S/C23H32N8O14P2/c24-3-4-26-20-14-21(28-9-27-20)31(10-29-14)23-18(35)16(33)13(44-23)8-42-47(39,40)45-46(37,38)41-7-12-15(32)17(34)22(43-12)30-5-1-2-11(6-30)19(25)36/h1-2,5-6,9-10,12-13,15-18,22-23,32-35H,3-4,7-8,24H2,(H4-,25,26,27,28,36,37,38,39,40)/p+1/t12-,13-,15-,16-,17-,18-,22-,23-/m1/s1. The fraction of sp³-hybridized carbons (Fsp3) is 0.522. The summed E-state index contributed by atoms with van der Waals surface area (Å²) < 4.78 is 52.4. The number of imidazole rings is 1. The zero-order valence-corrected chi connectivity index (χ0v) is 25.9. The highest BCUT2D eigenvalue weighted by Crippen LogP contribution is 2.60. The Morgan fingerprint density at radius 2 is 1.66 bits per heavy atom. The van der Waals surface area contributed by atoms with Gasteiger partial charge < -0.3 is 56.5 Å². The smallest absolute Gasteiger partial charge is 0.387 e. The van der Waals surface area contributed by atoms with Crippen molar-refractivity contribution < 1.29 is 71.5 Å². The van der Waals surface area contributed by atoms with Gasteiger partial charge in [0.05, 0.1) is 19.5 Å². The molecular formula is C23H33N8O14P2+. The van der Waals surface area contributed by atoms with Crippen LogP contribution in [0.3, 0.4) is 0 Å². The third kappa shape index (κ3) is 7.82. The van der Waals surface area contributed by atoms with Gasteiger partial charge in [-0.1, -0.05) is 0 Å². The van der Waals surface area contributed by atoms with E-state index in [9.17, 15) is 44.1 Å². The maximum absolute atomic E-state index is 12.5. The van der Waals surface area contributed by atoms with Crippen LogP contribution in [0.4, 0.5) is 5.82 Å². The fourth-order valence-electron chi connectivity index (χ4n) is 4.88. The molecule has 3 aromatic heterocycles. The van der Waals surface area contributed by atoms with Crippen LogP contribution in [0, 0.1) is 0 Å². The second-order valence-electron chi connectivity index (χ2n) is 10.4. The predicted molar refractivity (Wildman–Crippen MR) is 153 cm³/mol. The number of aliphatic hydroxyl groups is 4. The molecule has 10 atom stereocenters. The van der Waals surface area contributed by atoms with Gasteiger partial charge in [0.2, 0.25) is 0 Å². The molecule has 1 amide bonds. The van der Waals surface area contributed by atoms with E-state index in [-0.39, 0.29) is 11.2 Å². The van der Waals surface area contributed by atoms with Crippen molar-refractivity contribution in [2.24, 2.45) is 11.5 Å². The minimum absolute atomic E-state index is 0.0694. The molecule has 2 aliphatic rings. The first kappa shape index (κ1) is 35.3. The number of carbonyl (C=O) groups is 1. The first-order chi connectivity index (χ1) is 22.2. The van der Waals surface area contributed by atoms with Crippen molar-refractivity contribution in [1.29, 1.82) is 0 Å². The lowest BCUT2D eigenvalue weighted by molar-refractivity contribution is -0.765. The summed E-state index contributed by atoms with van der Waals surface area (Å²) >= 11 is 0. The Hall–Kier alpha value is -3.05. The Balaban J connectivity index is 1.16. The number of anilines is 1. The summed E-state index contributed by atoms with van der Waals surface area (Å²) in [6.07, 6.45) is -6.71. The van der Waals surface area contributed by atoms with Crippen LogP contribution in [0.2, 0.25) is 0 Å². The van der Waals surface area contributed by atoms with Gasteiger partial charge in [0, 0.05) is 19.2 Å². The van der Waals surface area contributed by atoms with Crippen LogP contribution in [0.25, 0.3) is 11.2 Å². The van der Waals surface area contributed by atoms with E-state index in [1.54, 1.807) is 0 Å². The Morgan fingerprint density at radius 3 is 2.32 bits per heavy atom. The van der Waals surface area contributed by atoms with Crippen LogP contribution in [0.1, 0.15) is 22.8 Å². The number of hydrogen-bond donors (Lipinski definition) is 9. The maximum Gasteiger partial charge on any atom is 0.481 e. The number of nitrogens with one attached hydrogen (secondary N) is 1. The number of nitrogens with zero attached hydrogens (tertiary/aromatic N) is 5. The number of phosphoric ester groups is 2. The van der Waals surface area contributed by atoms with Crippen molar-refractivity contribution >= 4 is 38.5 Å². The minimum Gasteiger partial charge on any atom is -0.387 e. The zero-order chi connectivity index (χ0) is 34.1. The molecule has 0 bridgehead atoms. The van der Waals surface area contributed by atoms with Gasteiger partial charge in [-0.25, -0.2) is 24.1 Å². The van der Waals surface area contributed by atoms with Crippen LogP contribution in [0.5, 0.6) is 0 Å². The Morgan fingerprint density at radius 1 is 1.00 bits per heavy atom. The molecule has 5 heterocycles. The highest BCUT2D eigenvalue weighted by atomic mass is 31.3. The molecule has 0 radical (unpaired) electrons.